The van der Waals surface area contributed by atoms with Crippen molar-refractivity contribution in [3.8, 4) is 11.5 Å². The fourth-order valence-electron chi connectivity index (χ4n) is 6.48. The van der Waals surface area contributed by atoms with Crippen LogP contribution in [0.2, 0.25) is 0 Å². The molecular formula is C30H30N6O5. The smallest absolute Gasteiger partial charge is 0.263 e. The van der Waals surface area contributed by atoms with Crippen molar-refractivity contribution in [2.75, 3.05) is 44.9 Å². The third-order valence-electron chi connectivity index (χ3n) is 8.51. The number of carbonyl (C=O) groups is 2. The highest BCUT2D eigenvalue weighted by Crippen LogP contribution is 2.45. The number of fused-ring (bicyclic) bond motifs is 2. The molecule has 1 spiro atoms. The summed E-state index contributed by atoms with van der Waals surface area (Å²) in [5, 5.41) is 13.3. The van der Waals surface area contributed by atoms with Crippen LogP contribution in [0.3, 0.4) is 0 Å². The van der Waals surface area contributed by atoms with E-state index in [2.05, 4.69) is 20.4 Å². The number of morpholine rings is 1. The molecule has 7 rings (SSSR count). The number of carbonyl (C=O) groups excluding carboxylic acids is 2. The molecule has 4 aromatic rings. The number of anilines is 1. The zero-order valence-corrected chi connectivity index (χ0v) is 22.7. The summed E-state index contributed by atoms with van der Waals surface area (Å²) < 4.78 is 19.4. The fourth-order valence-corrected chi connectivity index (χ4v) is 6.48. The molecule has 0 radical (unpaired) electrons. The van der Waals surface area contributed by atoms with E-state index in [1.807, 2.05) is 54.6 Å². The van der Waals surface area contributed by atoms with E-state index >= 15 is 0 Å². The largest absolute Gasteiger partial charge is 0.496 e. The predicted molar refractivity (Wildman–Crippen MR) is 149 cm³/mol. The predicted octanol–water partition coefficient (Wildman–Crippen LogP) is 3.05. The van der Waals surface area contributed by atoms with Crippen LogP contribution in [0.5, 0.6) is 11.5 Å². The van der Waals surface area contributed by atoms with Gasteiger partial charge in [-0.25, -0.2) is 4.68 Å². The third kappa shape index (κ3) is 4.19. The van der Waals surface area contributed by atoms with Crippen LogP contribution < -0.4 is 14.4 Å². The van der Waals surface area contributed by atoms with Crippen LogP contribution in [-0.4, -0.2) is 82.5 Å². The Kier molecular flexibility index (Phi) is 6.30. The minimum absolute atomic E-state index is 0.201. The van der Waals surface area contributed by atoms with E-state index in [1.165, 1.54) is 15.9 Å². The normalized spacial score (nSPS) is 22.5. The SMILES string of the molecule is COc1cccc2ccc(N3CCOCC3)c(C(=O)N3CCC4(CCc5ccccc5O4)C(n4cnnn4)C3=O)c12. The molecule has 41 heavy (non-hydrogen) atoms. The molecule has 2 unspecified atom stereocenters. The standard InChI is InChI=1S/C30H30N6O5/c1-39-24-8-4-6-21-9-10-22(34-15-17-40-18-16-34)26(25(21)24)28(37)35-14-13-30(27(29(35)38)36-19-31-32-33-36)12-11-20-5-2-3-7-23(20)41-30/h2-10,19,27H,11-18H2,1H3. The molecule has 0 aliphatic carbocycles. The van der Waals surface area contributed by atoms with Gasteiger partial charge in [0, 0.05) is 31.4 Å². The highest BCUT2D eigenvalue weighted by atomic mass is 16.5. The van der Waals surface area contributed by atoms with Gasteiger partial charge >= 0.3 is 0 Å². The van der Waals surface area contributed by atoms with Crippen molar-refractivity contribution in [3.63, 3.8) is 0 Å². The van der Waals surface area contributed by atoms with Crippen molar-refractivity contribution in [2.24, 2.45) is 0 Å². The van der Waals surface area contributed by atoms with Gasteiger partial charge in [0.2, 0.25) is 0 Å². The van der Waals surface area contributed by atoms with Gasteiger partial charge in [-0.05, 0) is 52.4 Å². The van der Waals surface area contributed by atoms with E-state index in [4.69, 9.17) is 14.2 Å². The molecule has 3 aliphatic rings. The summed E-state index contributed by atoms with van der Waals surface area (Å²) in [6, 6.07) is 16.6. The van der Waals surface area contributed by atoms with Gasteiger partial charge in [-0.1, -0.05) is 36.4 Å². The average molecular weight is 555 g/mol. The van der Waals surface area contributed by atoms with Gasteiger partial charge in [0.1, 0.15) is 23.4 Å². The minimum Gasteiger partial charge on any atom is -0.496 e. The van der Waals surface area contributed by atoms with E-state index in [0.29, 0.717) is 55.8 Å². The van der Waals surface area contributed by atoms with Gasteiger partial charge in [-0.3, -0.25) is 14.5 Å². The summed E-state index contributed by atoms with van der Waals surface area (Å²) in [6.07, 6.45) is 3.21. The minimum atomic E-state index is -0.910. The van der Waals surface area contributed by atoms with E-state index in [9.17, 15) is 9.59 Å². The highest BCUT2D eigenvalue weighted by molar-refractivity contribution is 6.18. The quantitative estimate of drug-likeness (QED) is 0.351. The number of tetrazole rings is 1. The first kappa shape index (κ1) is 25.5. The van der Waals surface area contributed by atoms with Crippen LogP contribution in [0, 0.1) is 0 Å². The molecule has 0 N–H and O–H groups in total. The molecule has 210 valence electrons. The number of amides is 2. The van der Waals surface area contributed by atoms with Crippen LogP contribution in [0.25, 0.3) is 10.8 Å². The Balaban J connectivity index is 1.33. The zero-order chi connectivity index (χ0) is 28.0. The number of hydrogen-bond donors (Lipinski definition) is 0. The summed E-state index contributed by atoms with van der Waals surface area (Å²) in [4.78, 5) is 32.6. The molecule has 11 heteroatoms. The number of aromatic nitrogens is 4. The lowest BCUT2D eigenvalue weighted by atomic mass is 9.78. The van der Waals surface area contributed by atoms with Crippen LogP contribution in [0.4, 0.5) is 5.69 Å². The second-order valence-electron chi connectivity index (χ2n) is 10.6. The first-order valence-corrected chi connectivity index (χ1v) is 13.9. The Hall–Kier alpha value is -4.51. The number of para-hydroxylation sites is 1. The highest BCUT2D eigenvalue weighted by Gasteiger charge is 2.55. The zero-order valence-electron chi connectivity index (χ0n) is 22.7. The maximum atomic E-state index is 14.6. The lowest BCUT2D eigenvalue weighted by molar-refractivity contribution is -0.149. The van der Waals surface area contributed by atoms with Gasteiger partial charge < -0.3 is 19.1 Å². The van der Waals surface area contributed by atoms with Gasteiger partial charge in [-0.15, -0.1) is 5.10 Å². The molecule has 2 atom stereocenters. The number of benzene rings is 3. The molecule has 0 bridgehead atoms. The molecular weight excluding hydrogens is 524 g/mol. The molecule has 3 aromatic carbocycles. The number of methoxy groups -OCH3 is 1. The number of imide groups is 1. The molecule has 0 saturated carbocycles. The van der Waals surface area contributed by atoms with Gasteiger partial charge in [-0.2, -0.15) is 0 Å². The lowest BCUT2D eigenvalue weighted by Crippen LogP contribution is -2.61. The molecule has 2 amide bonds. The van der Waals surface area contributed by atoms with Crippen molar-refractivity contribution in [3.05, 3.63) is 72.1 Å². The molecule has 2 fully saturated rings. The molecule has 1 aromatic heterocycles. The number of ether oxygens (including phenoxy) is 3. The number of aryl methyl sites for hydroxylation is 1. The Morgan fingerprint density at radius 3 is 2.68 bits per heavy atom. The average Bonchev–Trinajstić information content (AvgIpc) is 3.55. The second kappa shape index (κ2) is 10.2. The maximum absolute atomic E-state index is 14.6. The number of likely N-dealkylation sites (tertiary alicyclic amines) is 1. The summed E-state index contributed by atoms with van der Waals surface area (Å²) in [6.45, 7) is 2.59. The molecule has 2 saturated heterocycles. The van der Waals surface area contributed by atoms with E-state index in [1.54, 1.807) is 7.11 Å². The Labute approximate surface area is 236 Å². The van der Waals surface area contributed by atoms with E-state index < -0.39 is 17.6 Å². The first-order valence-electron chi connectivity index (χ1n) is 13.9. The second-order valence-corrected chi connectivity index (χ2v) is 10.6. The molecule has 3 aliphatic heterocycles. The van der Waals surface area contributed by atoms with E-state index in [-0.39, 0.29) is 12.5 Å². The van der Waals surface area contributed by atoms with Crippen molar-refractivity contribution < 1.29 is 23.8 Å². The van der Waals surface area contributed by atoms with Crippen LogP contribution in [0.15, 0.2) is 60.9 Å². The van der Waals surface area contributed by atoms with Crippen molar-refractivity contribution in [1.29, 1.82) is 0 Å². The van der Waals surface area contributed by atoms with Crippen molar-refractivity contribution >= 4 is 28.3 Å². The summed E-state index contributed by atoms with van der Waals surface area (Å²) in [7, 11) is 1.59. The topological polar surface area (TPSA) is 112 Å². The van der Waals surface area contributed by atoms with Crippen molar-refractivity contribution in [1.82, 2.24) is 25.1 Å². The first-order chi connectivity index (χ1) is 20.1. The molecule has 4 heterocycles. The summed E-state index contributed by atoms with van der Waals surface area (Å²) in [5.74, 6) is 0.549. The number of piperidine rings is 1. The lowest BCUT2D eigenvalue weighted by Gasteiger charge is -2.48. The van der Waals surface area contributed by atoms with Gasteiger partial charge in [0.15, 0.2) is 6.04 Å². The Morgan fingerprint density at radius 2 is 1.88 bits per heavy atom. The van der Waals surface area contributed by atoms with Gasteiger partial charge in [0.05, 0.1) is 31.6 Å². The Bertz CT molecular complexity index is 1620. The van der Waals surface area contributed by atoms with Crippen LogP contribution in [-0.2, 0) is 16.0 Å². The number of hydrogen-bond acceptors (Lipinski definition) is 9. The van der Waals surface area contributed by atoms with Crippen molar-refractivity contribution in [2.45, 2.75) is 30.9 Å². The maximum Gasteiger partial charge on any atom is 0.263 e. The monoisotopic (exact) mass is 554 g/mol. The van der Waals surface area contributed by atoms with Crippen LogP contribution in [0.1, 0.15) is 34.8 Å². The third-order valence-corrected chi connectivity index (χ3v) is 8.51. The van der Waals surface area contributed by atoms with E-state index in [0.717, 1.165) is 28.8 Å². The number of rotatable bonds is 4. The fraction of sp³-hybridized carbons (Fsp3) is 0.367. The van der Waals surface area contributed by atoms with Crippen LogP contribution >= 0.6 is 0 Å². The van der Waals surface area contributed by atoms with Gasteiger partial charge in [0.25, 0.3) is 11.8 Å². The number of nitrogens with zero attached hydrogens (tertiary/aromatic N) is 6. The molecule has 11 nitrogen and oxygen atoms in total. The summed E-state index contributed by atoms with van der Waals surface area (Å²) in [5.41, 5.74) is 1.40. The summed E-state index contributed by atoms with van der Waals surface area (Å²) >= 11 is 0. The Morgan fingerprint density at radius 1 is 1.02 bits per heavy atom.